The van der Waals surface area contributed by atoms with E-state index in [0.717, 1.165) is 35.4 Å². The Morgan fingerprint density at radius 3 is 2.64 bits per heavy atom. The molecule has 1 fully saturated rings. The van der Waals surface area contributed by atoms with Crippen molar-refractivity contribution in [1.29, 1.82) is 0 Å². The average Bonchev–Trinajstić information content (AvgIpc) is 3.07. The Hall–Kier alpha value is -2.31. The topological polar surface area (TPSA) is 92.3 Å². The van der Waals surface area contributed by atoms with Crippen molar-refractivity contribution in [1.82, 2.24) is 20.9 Å². The van der Waals surface area contributed by atoms with Gasteiger partial charge in [0.1, 0.15) is 5.75 Å². The number of ether oxygens (including phenoxy) is 1. The first-order chi connectivity index (χ1) is 12.0. The fourth-order valence-electron chi connectivity index (χ4n) is 3.14. The van der Waals surface area contributed by atoms with Crippen molar-refractivity contribution >= 4 is 11.9 Å². The predicted octanol–water partition coefficient (Wildman–Crippen LogP) is 1.96. The van der Waals surface area contributed by atoms with E-state index in [1.165, 1.54) is 12.8 Å². The summed E-state index contributed by atoms with van der Waals surface area (Å²) in [5, 5.41) is 8.46. The highest BCUT2D eigenvalue weighted by molar-refractivity contribution is 5.78. The van der Waals surface area contributed by atoms with Crippen molar-refractivity contribution in [2.24, 2.45) is 0 Å². The van der Waals surface area contributed by atoms with Crippen LogP contribution in [0.5, 0.6) is 5.75 Å². The molecule has 138 valence electrons. The summed E-state index contributed by atoms with van der Waals surface area (Å²) < 4.78 is 5.36. The van der Waals surface area contributed by atoms with Crippen LogP contribution in [-0.2, 0) is 11.3 Å². The van der Waals surface area contributed by atoms with Crippen molar-refractivity contribution in [2.45, 2.75) is 58.5 Å². The lowest BCUT2D eigenvalue weighted by molar-refractivity contribution is -0.121. The molecule has 1 aliphatic carbocycles. The second-order valence-corrected chi connectivity index (χ2v) is 6.45. The molecule has 7 nitrogen and oxygen atoms in total. The molecule has 1 aliphatic rings. The molecule has 0 radical (unpaired) electrons. The van der Waals surface area contributed by atoms with Crippen LogP contribution in [0.25, 0.3) is 0 Å². The SMILES string of the molecule is COc1c(C)cnc(CNC(=O)NCCC(=O)NC2CCCC2)c1C. The van der Waals surface area contributed by atoms with Gasteiger partial charge in [0.05, 0.1) is 19.3 Å². The summed E-state index contributed by atoms with van der Waals surface area (Å²) in [5.74, 6) is 0.781. The standard InChI is InChI=1S/C18H28N4O3/c1-12-10-20-15(13(2)17(12)25-3)11-21-18(24)19-9-8-16(23)22-14-6-4-5-7-14/h10,14H,4-9,11H2,1-3H3,(H,22,23)(H2,19,21,24). The Kier molecular flexibility index (Phi) is 7.03. The van der Waals surface area contributed by atoms with Crippen LogP contribution in [0.1, 0.15) is 48.9 Å². The van der Waals surface area contributed by atoms with Crippen molar-refractivity contribution in [2.75, 3.05) is 13.7 Å². The number of nitrogens with one attached hydrogen (secondary N) is 3. The summed E-state index contributed by atoms with van der Waals surface area (Å²) in [6.45, 7) is 4.47. The van der Waals surface area contributed by atoms with Crippen LogP contribution in [0.2, 0.25) is 0 Å². The van der Waals surface area contributed by atoms with Crippen molar-refractivity contribution in [3.63, 3.8) is 0 Å². The van der Waals surface area contributed by atoms with E-state index in [1.807, 2.05) is 13.8 Å². The van der Waals surface area contributed by atoms with Crippen LogP contribution in [0.15, 0.2) is 6.20 Å². The lowest BCUT2D eigenvalue weighted by atomic mass is 10.1. The first kappa shape index (κ1) is 19.0. The molecule has 0 aromatic carbocycles. The number of hydrogen-bond acceptors (Lipinski definition) is 4. The maximum absolute atomic E-state index is 11.9. The van der Waals surface area contributed by atoms with Crippen LogP contribution < -0.4 is 20.7 Å². The maximum Gasteiger partial charge on any atom is 0.315 e. The quantitative estimate of drug-likeness (QED) is 0.702. The third kappa shape index (κ3) is 5.62. The summed E-state index contributed by atoms with van der Waals surface area (Å²) in [5.41, 5.74) is 2.64. The fourth-order valence-corrected chi connectivity index (χ4v) is 3.14. The first-order valence-electron chi connectivity index (χ1n) is 8.81. The third-order valence-electron chi connectivity index (χ3n) is 4.52. The summed E-state index contributed by atoms with van der Waals surface area (Å²) in [6, 6.07) is 0.00121. The van der Waals surface area contributed by atoms with Crippen molar-refractivity contribution < 1.29 is 14.3 Å². The molecule has 2 rings (SSSR count). The third-order valence-corrected chi connectivity index (χ3v) is 4.52. The minimum absolute atomic E-state index is 0.00650. The van der Waals surface area contributed by atoms with Gasteiger partial charge in [-0.1, -0.05) is 12.8 Å². The number of rotatable bonds is 7. The van der Waals surface area contributed by atoms with Crippen LogP contribution in [0, 0.1) is 13.8 Å². The van der Waals surface area contributed by atoms with Crippen LogP contribution in [0.3, 0.4) is 0 Å². The van der Waals surface area contributed by atoms with E-state index in [4.69, 9.17) is 4.74 Å². The zero-order chi connectivity index (χ0) is 18.2. The Morgan fingerprint density at radius 1 is 1.24 bits per heavy atom. The number of pyridine rings is 1. The van der Waals surface area contributed by atoms with Crippen LogP contribution >= 0.6 is 0 Å². The van der Waals surface area contributed by atoms with Gasteiger partial charge in [0.2, 0.25) is 5.91 Å². The summed E-state index contributed by atoms with van der Waals surface area (Å²) in [7, 11) is 1.62. The smallest absolute Gasteiger partial charge is 0.315 e. The van der Waals surface area contributed by atoms with E-state index in [9.17, 15) is 9.59 Å². The average molecular weight is 348 g/mol. The number of amides is 3. The normalized spacial score (nSPS) is 14.2. The number of nitrogens with zero attached hydrogens (tertiary/aromatic N) is 1. The van der Waals surface area contributed by atoms with Gasteiger partial charge in [-0.3, -0.25) is 9.78 Å². The minimum Gasteiger partial charge on any atom is -0.496 e. The lowest BCUT2D eigenvalue weighted by Gasteiger charge is -2.14. The van der Waals surface area contributed by atoms with Crippen molar-refractivity contribution in [3.8, 4) is 5.75 Å². The predicted molar refractivity (Wildman–Crippen MR) is 95.5 cm³/mol. The van der Waals surface area contributed by atoms with E-state index in [1.54, 1.807) is 13.3 Å². The number of methoxy groups -OCH3 is 1. The van der Waals surface area contributed by atoms with E-state index >= 15 is 0 Å². The van der Waals surface area contributed by atoms with Gasteiger partial charge >= 0.3 is 6.03 Å². The van der Waals surface area contributed by atoms with Gasteiger partial charge < -0.3 is 20.7 Å². The monoisotopic (exact) mass is 348 g/mol. The Balaban J connectivity index is 1.69. The fraction of sp³-hybridized carbons (Fsp3) is 0.611. The molecular weight excluding hydrogens is 320 g/mol. The molecule has 0 spiro atoms. The number of carbonyl (C=O) groups excluding carboxylic acids is 2. The minimum atomic E-state index is -0.311. The number of aryl methyl sites for hydroxylation is 1. The molecule has 1 heterocycles. The Morgan fingerprint density at radius 2 is 1.96 bits per heavy atom. The molecule has 0 aliphatic heterocycles. The van der Waals surface area contributed by atoms with Gasteiger partial charge in [-0.15, -0.1) is 0 Å². The molecule has 0 bridgehead atoms. The maximum atomic E-state index is 11.9. The molecule has 7 heteroatoms. The first-order valence-corrected chi connectivity index (χ1v) is 8.81. The Bertz CT molecular complexity index is 613. The van der Waals surface area contributed by atoms with Gasteiger partial charge in [-0.25, -0.2) is 4.79 Å². The van der Waals surface area contributed by atoms with Crippen molar-refractivity contribution in [3.05, 3.63) is 23.0 Å². The van der Waals surface area contributed by atoms with E-state index in [2.05, 4.69) is 20.9 Å². The second kappa shape index (κ2) is 9.25. The van der Waals surface area contributed by atoms with Gasteiger partial charge in [0.15, 0.2) is 0 Å². The zero-order valence-corrected chi connectivity index (χ0v) is 15.3. The highest BCUT2D eigenvalue weighted by atomic mass is 16.5. The summed E-state index contributed by atoms with van der Waals surface area (Å²) in [6.07, 6.45) is 6.51. The van der Waals surface area contributed by atoms with Crippen LogP contribution in [-0.4, -0.2) is 36.6 Å². The number of hydrogen-bond donors (Lipinski definition) is 3. The van der Waals surface area contributed by atoms with Gasteiger partial charge in [0, 0.05) is 36.3 Å². The lowest BCUT2D eigenvalue weighted by Crippen LogP contribution is -2.39. The second-order valence-electron chi connectivity index (χ2n) is 6.45. The number of urea groups is 1. The number of carbonyl (C=O) groups is 2. The summed E-state index contributed by atoms with van der Waals surface area (Å²) >= 11 is 0. The van der Waals surface area contributed by atoms with E-state index < -0.39 is 0 Å². The highest BCUT2D eigenvalue weighted by Gasteiger charge is 2.17. The zero-order valence-electron chi connectivity index (χ0n) is 15.3. The molecular formula is C18H28N4O3. The molecule has 0 atom stereocenters. The molecule has 0 saturated heterocycles. The van der Waals surface area contributed by atoms with Gasteiger partial charge in [-0.2, -0.15) is 0 Å². The molecule has 1 saturated carbocycles. The molecule has 25 heavy (non-hydrogen) atoms. The van der Waals surface area contributed by atoms with E-state index in [0.29, 0.717) is 25.6 Å². The molecule has 1 aromatic rings. The van der Waals surface area contributed by atoms with E-state index in [-0.39, 0.29) is 11.9 Å². The molecule has 1 aromatic heterocycles. The largest absolute Gasteiger partial charge is 0.496 e. The van der Waals surface area contributed by atoms with Crippen LogP contribution in [0.4, 0.5) is 4.79 Å². The number of aromatic nitrogens is 1. The highest BCUT2D eigenvalue weighted by Crippen LogP contribution is 2.23. The Labute approximate surface area is 148 Å². The van der Waals surface area contributed by atoms with Gasteiger partial charge in [0.25, 0.3) is 0 Å². The van der Waals surface area contributed by atoms with Gasteiger partial charge in [-0.05, 0) is 26.7 Å². The summed E-state index contributed by atoms with van der Waals surface area (Å²) in [4.78, 5) is 28.0. The molecule has 3 N–H and O–H groups in total. The molecule has 0 unspecified atom stereocenters. The molecule has 3 amide bonds.